The first-order chi connectivity index (χ1) is 24.0. The van der Waals surface area contributed by atoms with E-state index in [1.807, 2.05) is 0 Å². The summed E-state index contributed by atoms with van der Waals surface area (Å²) in [4.78, 5) is 82.7. The minimum Gasteiger partial charge on any atom is -0.463 e. The second-order valence-corrected chi connectivity index (χ2v) is 11.9. The standard InChI is InChI=1S/C31H39O19P/c1-16(32)40-13-23-25(44-19(4)35)27(46-21(6)37)28(30(47-23)50-51(38)39)49-31(15-43-18(3)34)29(42-12-22-10-8-7-9-11-22)26(45-20(5)36)24(48-31)14-41-17(2)33/h7-11,23-30H,12-15H2,1-6H3/p+1/t23-,24-,25+,26-,27+,28-,29+,30-,31+/m1/s1. The minimum absolute atomic E-state index is 0.185. The van der Waals surface area contributed by atoms with E-state index >= 15 is 0 Å². The molecule has 0 radical (unpaired) electrons. The van der Waals surface area contributed by atoms with Crippen LogP contribution in [-0.2, 0) is 91.8 Å². The number of hydrogen-bond donors (Lipinski definition) is 1. The van der Waals surface area contributed by atoms with Gasteiger partial charge >= 0.3 is 44.1 Å². The molecule has 0 spiro atoms. The quantitative estimate of drug-likeness (QED) is 0.140. The number of hydrogen-bond acceptors (Lipinski definition) is 18. The van der Waals surface area contributed by atoms with Crippen molar-refractivity contribution in [3.8, 4) is 0 Å². The Morgan fingerprint density at radius 2 is 1.24 bits per heavy atom. The van der Waals surface area contributed by atoms with Gasteiger partial charge in [-0.05, 0) is 5.56 Å². The Bertz CT molecular complexity index is 1420. The molecule has 2 heterocycles. The van der Waals surface area contributed by atoms with Crippen LogP contribution in [0.3, 0.4) is 0 Å². The van der Waals surface area contributed by atoms with Gasteiger partial charge in [0.1, 0.15) is 32.0 Å². The number of esters is 6. The van der Waals surface area contributed by atoms with Crippen LogP contribution in [0.5, 0.6) is 0 Å². The van der Waals surface area contributed by atoms with Crippen molar-refractivity contribution in [1.29, 1.82) is 0 Å². The predicted octanol–water partition coefficient (Wildman–Crippen LogP) is 0.928. The monoisotopic (exact) mass is 747 g/mol. The van der Waals surface area contributed by atoms with Gasteiger partial charge < -0.3 is 47.4 Å². The minimum atomic E-state index is -3.50. The maximum atomic E-state index is 12.5. The fraction of sp³-hybridized carbons (Fsp3) is 0.613. The Balaban J connectivity index is 2.24. The van der Waals surface area contributed by atoms with Crippen molar-refractivity contribution in [1.82, 2.24) is 0 Å². The average molecular weight is 748 g/mol. The first kappa shape index (κ1) is 41.3. The number of carbonyl (C=O) groups excluding carboxylic acids is 6. The highest BCUT2D eigenvalue weighted by molar-refractivity contribution is 7.32. The van der Waals surface area contributed by atoms with E-state index in [1.54, 1.807) is 30.3 Å². The van der Waals surface area contributed by atoms with Crippen molar-refractivity contribution < 1.29 is 90.1 Å². The Morgan fingerprint density at radius 3 is 1.76 bits per heavy atom. The summed E-state index contributed by atoms with van der Waals surface area (Å²) in [7, 11) is -3.50. The number of benzene rings is 1. The summed E-state index contributed by atoms with van der Waals surface area (Å²) in [6.45, 7) is 4.19. The fourth-order valence-corrected chi connectivity index (χ4v) is 5.67. The Hall–Kier alpha value is -4.10. The molecule has 0 amide bonds. The van der Waals surface area contributed by atoms with Crippen LogP contribution in [0.25, 0.3) is 0 Å². The first-order valence-corrected chi connectivity index (χ1v) is 16.6. The molecular weight excluding hydrogens is 707 g/mol. The van der Waals surface area contributed by atoms with Gasteiger partial charge in [0, 0.05) is 46.1 Å². The zero-order valence-electron chi connectivity index (χ0n) is 28.6. The molecule has 51 heavy (non-hydrogen) atoms. The molecule has 2 aliphatic heterocycles. The van der Waals surface area contributed by atoms with E-state index < -0.39 is 119 Å². The zero-order valence-corrected chi connectivity index (χ0v) is 29.5. The van der Waals surface area contributed by atoms with Crippen molar-refractivity contribution in [2.75, 3.05) is 19.8 Å². The van der Waals surface area contributed by atoms with Gasteiger partial charge in [-0.15, -0.1) is 4.89 Å². The summed E-state index contributed by atoms with van der Waals surface area (Å²) in [5.41, 5.74) is 0.615. The topological polar surface area (TPSA) is 241 Å². The van der Waals surface area contributed by atoms with Crippen LogP contribution in [0.1, 0.15) is 47.1 Å². The van der Waals surface area contributed by atoms with E-state index in [0.717, 1.165) is 41.5 Å². The van der Waals surface area contributed by atoms with Gasteiger partial charge in [-0.25, -0.2) is 0 Å². The van der Waals surface area contributed by atoms with Crippen LogP contribution in [0.15, 0.2) is 30.3 Å². The van der Waals surface area contributed by atoms with Crippen LogP contribution in [0, 0.1) is 0 Å². The van der Waals surface area contributed by atoms with Gasteiger partial charge in [-0.2, -0.15) is 0 Å². The lowest BCUT2D eigenvalue weighted by Crippen LogP contribution is -2.65. The van der Waals surface area contributed by atoms with Crippen LogP contribution in [0.2, 0.25) is 0 Å². The highest BCUT2D eigenvalue weighted by Gasteiger charge is 2.65. The highest BCUT2D eigenvalue weighted by Crippen LogP contribution is 2.43. The molecular formula is C31H40O19P+. The molecule has 1 aromatic rings. The van der Waals surface area contributed by atoms with Crippen LogP contribution in [0.4, 0.5) is 0 Å². The molecule has 19 nitrogen and oxygen atoms in total. The van der Waals surface area contributed by atoms with E-state index in [0.29, 0.717) is 5.56 Å². The van der Waals surface area contributed by atoms with Crippen molar-refractivity contribution in [2.45, 2.75) is 103 Å². The maximum absolute atomic E-state index is 12.5. The Labute approximate surface area is 292 Å². The first-order valence-electron chi connectivity index (χ1n) is 15.4. The van der Waals surface area contributed by atoms with E-state index in [1.165, 1.54) is 0 Å². The molecule has 1 aromatic carbocycles. The molecule has 0 aromatic heterocycles. The molecule has 1 unspecified atom stereocenters. The van der Waals surface area contributed by atoms with E-state index in [4.69, 9.17) is 51.9 Å². The molecule has 282 valence electrons. The van der Waals surface area contributed by atoms with Crippen molar-refractivity contribution >= 4 is 44.1 Å². The lowest BCUT2D eigenvalue weighted by Gasteiger charge is -2.46. The number of rotatable bonds is 16. The van der Waals surface area contributed by atoms with Crippen molar-refractivity contribution in [2.24, 2.45) is 0 Å². The number of carbonyl (C=O) groups is 6. The van der Waals surface area contributed by atoms with Gasteiger partial charge in [0.05, 0.1) is 6.61 Å². The highest BCUT2D eigenvalue weighted by atomic mass is 31.1. The molecule has 20 heteroatoms. The molecule has 0 aliphatic carbocycles. The maximum Gasteiger partial charge on any atom is 0.697 e. The Kier molecular flexibility index (Phi) is 15.3. The largest absolute Gasteiger partial charge is 0.697 e. The van der Waals surface area contributed by atoms with Crippen LogP contribution in [-0.4, -0.2) is 115 Å². The van der Waals surface area contributed by atoms with Gasteiger partial charge in [-0.3, -0.25) is 28.8 Å². The summed E-state index contributed by atoms with van der Waals surface area (Å²) in [5, 5.41) is 0. The molecule has 2 saturated heterocycles. The molecule has 0 bridgehead atoms. The summed E-state index contributed by atoms with van der Waals surface area (Å²) >= 11 is 0. The van der Waals surface area contributed by atoms with Gasteiger partial charge in [0.25, 0.3) is 0 Å². The third kappa shape index (κ3) is 12.3. The van der Waals surface area contributed by atoms with Gasteiger partial charge in [-0.1, -0.05) is 34.9 Å². The molecule has 2 fully saturated rings. The van der Waals surface area contributed by atoms with Crippen molar-refractivity contribution in [3.05, 3.63) is 35.9 Å². The molecule has 3 rings (SSSR count). The normalized spacial score (nSPS) is 28.9. The average Bonchev–Trinajstić information content (AvgIpc) is 3.30. The summed E-state index contributed by atoms with van der Waals surface area (Å²) in [6.07, 6.45) is -13.1. The molecule has 0 saturated carbocycles. The fourth-order valence-electron chi connectivity index (χ4n) is 5.32. The van der Waals surface area contributed by atoms with Crippen LogP contribution < -0.4 is 0 Å². The smallest absolute Gasteiger partial charge is 0.463 e. The lowest BCUT2D eigenvalue weighted by atomic mass is 9.97. The van der Waals surface area contributed by atoms with E-state index in [9.17, 15) is 38.2 Å². The van der Waals surface area contributed by atoms with Crippen molar-refractivity contribution in [3.63, 3.8) is 0 Å². The third-order valence-electron chi connectivity index (χ3n) is 7.13. The van der Waals surface area contributed by atoms with E-state index in [-0.39, 0.29) is 6.61 Å². The predicted molar refractivity (Wildman–Crippen MR) is 164 cm³/mol. The second-order valence-electron chi connectivity index (χ2n) is 11.3. The number of ether oxygens (including phenoxy) is 10. The third-order valence-corrected chi connectivity index (χ3v) is 7.51. The van der Waals surface area contributed by atoms with Gasteiger partial charge in [0.2, 0.25) is 12.1 Å². The summed E-state index contributed by atoms with van der Waals surface area (Å²) in [5.74, 6) is -7.46. The van der Waals surface area contributed by atoms with E-state index in [2.05, 4.69) is 0 Å². The van der Waals surface area contributed by atoms with Gasteiger partial charge in [0.15, 0.2) is 30.5 Å². The molecule has 1 N–H and O–H groups in total. The summed E-state index contributed by atoms with van der Waals surface area (Å²) in [6, 6.07) is 8.62. The lowest BCUT2D eigenvalue weighted by molar-refractivity contribution is -0.365. The Morgan fingerprint density at radius 1 is 0.706 bits per heavy atom. The second kappa shape index (κ2) is 18.9. The SMILES string of the molecule is CC(=O)OC[C@H]1O[C@H](O[P+](=O)O)[C@H](O[C@]2(COC(C)=O)O[C@H](COC(C)=O)[C@@H](OC(C)=O)[C@@H]2OCc2ccccc2)[C@@H](OC(C)=O)[C@H]1OC(C)=O. The van der Waals surface area contributed by atoms with Crippen LogP contribution >= 0.6 is 8.25 Å². The molecule has 10 atom stereocenters. The summed E-state index contributed by atoms with van der Waals surface area (Å²) < 4.78 is 74.1. The zero-order chi connectivity index (χ0) is 37.9. The molecule has 2 aliphatic rings.